The van der Waals surface area contributed by atoms with Gasteiger partial charge in [-0.2, -0.15) is 0 Å². The van der Waals surface area contributed by atoms with Crippen molar-refractivity contribution in [1.29, 1.82) is 0 Å². The van der Waals surface area contributed by atoms with Gasteiger partial charge in [0.25, 0.3) is 0 Å². The van der Waals surface area contributed by atoms with Crippen molar-refractivity contribution in [2.45, 2.75) is 51.2 Å². The third-order valence-electron chi connectivity index (χ3n) is 3.66. The van der Waals surface area contributed by atoms with Crippen LogP contribution in [0, 0.1) is 6.92 Å². The molecule has 2 aliphatic rings. The van der Waals surface area contributed by atoms with Gasteiger partial charge in [0.1, 0.15) is 5.75 Å². The molecule has 1 heterocycles. The van der Waals surface area contributed by atoms with E-state index >= 15 is 0 Å². The summed E-state index contributed by atoms with van der Waals surface area (Å²) in [6.45, 7) is 3.02. The van der Waals surface area contributed by atoms with Crippen molar-refractivity contribution in [3.05, 3.63) is 29.3 Å². The molecular weight excluding hydrogens is 212 g/mol. The Morgan fingerprint density at radius 2 is 2.06 bits per heavy atom. The normalized spacial score (nSPS) is 24.6. The smallest absolute Gasteiger partial charge is 0.199 e. The topological polar surface area (TPSA) is 18.5 Å². The largest absolute Gasteiger partial charge is 0.465 e. The maximum absolute atomic E-state index is 5.87. The SMILES string of the molecule is Cc1cc(OC2CCCCO2)ccc1C1CC1. The molecular formula is C15H20O2. The first kappa shape index (κ1) is 11.1. The van der Waals surface area contributed by atoms with Gasteiger partial charge in [0, 0.05) is 6.42 Å². The molecule has 2 nitrogen and oxygen atoms in total. The Hall–Kier alpha value is -1.02. The molecule has 1 aliphatic heterocycles. The van der Waals surface area contributed by atoms with Crippen LogP contribution in [0.5, 0.6) is 5.75 Å². The first-order valence-electron chi connectivity index (χ1n) is 6.72. The van der Waals surface area contributed by atoms with E-state index in [-0.39, 0.29) is 6.29 Å². The monoisotopic (exact) mass is 232 g/mol. The summed E-state index contributed by atoms with van der Waals surface area (Å²) in [5.41, 5.74) is 2.86. The highest BCUT2D eigenvalue weighted by Gasteiger charge is 2.25. The highest BCUT2D eigenvalue weighted by atomic mass is 16.7. The Labute approximate surface area is 103 Å². The Balaban J connectivity index is 1.68. The third-order valence-corrected chi connectivity index (χ3v) is 3.66. The third kappa shape index (κ3) is 2.63. The summed E-state index contributed by atoms with van der Waals surface area (Å²) in [5.74, 6) is 1.77. The molecule has 2 fully saturated rings. The van der Waals surface area contributed by atoms with Crippen LogP contribution in [0.2, 0.25) is 0 Å². The zero-order valence-electron chi connectivity index (χ0n) is 10.4. The summed E-state index contributed by atoms with van der Waals surface area (Å²) in [7, 11) is 0. The fourth-order valence-corrected chi connectivity index (χ4v) is 2.53. The summed E-state index contributed by atoms with van der Waals surface area (Å²) in [6, 6.07) is 6.48. The maximum Gasteiger partial charge on any atom is 0.199 e. The second-order valence-electron chi connectivity index (χ2n) is 5.21. The molecule has 1 aromatic carbocycles. The highest BCUT2D eigenvalue weighted by molar-refractivity contribution is 5.38. The van der Waals surface area contributed by atoms with Crippen LogP contribution in [0.1, 0.15) is 49.1 Å². The molecule has 1 aliphatic carbocycles. The lowest BCUT2D eigenvalue weighted by molar-refractivity contribution is -0.105. The van der Waals surface area contributed by atoms with Crippen molar-refractivity contribution >= 4 is 0 Å². The fourth-order valence-electron chi connectivity index (χ4n) is 2.53. The molecule has 0 amide bonds. The van der Waals surface area contributed by atoms with Crippen LogP contribution in [0.15, 0.2) is 18.2 Å². The summed E-state index contributed by atoms with van der Waals surface area (Å²) < 4.78 is 11.5. The van der Waals surface area contributed by atoms with Crippen LogP contribution in [0.3, 0.4) is 0 Å². The van der Waals surface area contributed by atoms with Gasteiger partial charge in [-0.25, -0.2) is 0 Å². The lowest BCUT2D eigenvalue weighted by Crippen LogP contribution is -2.25. The van der Waals surface area contributed by atoms with Crippen LogP contribution in [0.25, 0.3) is 0 Å². The van der Waals surface area contributed by atoms with E-state index in [1.54, 1.807) is 0 Å². The van der Waals surface area contributed by atoms with Gasteiger partial charge in [0.05, 0.1) is 6.61 Å². The van der Waals surface area contributed by atoms with Gasteiger partial charge in [-0.1, -0.05) is 6.07 Å². The molecule has 1 atom stereocenters. The molecule has 0 aromatic heterocycles. The minimum atomic E-state index is -0.0325. The summed E-state index contributed by atoms with van der Waals surface area (Å²) >= 11 is 0. The lowest BCUT2D eigenvalue weighted by atomic mass is 10.0. The number of benzene rings is 1. The number of aryl methyl sites for hydroxylation is 1. The predicted molar refractivity (Wildman–Crippen MR) is 67.4 cm³/mol. The molecule has 0 bridgehead atoms. The molecule has 92 valence electrons. The Kier molecular flexibility index (Phi) is 3.06. The van der Waals surface area contributed by atoms with Crippen molar-refractivity contribution in [2.75, 3.05) is 6.61 Å². The zero-order valence-corrected chi connectivity index (χ0v) is 10.4. The molecule has 0 spiro atoms. The molecule has 1 saturated heterocycles. The molecule has 3 rings (SSSR count). The zero-order chi connectivity index (χ0) is 11.7. The highest BCUT2D eigenvalue weighted by Crippen LogP contribution is 2.42. The Morgan fingerprint density at radius 3 is 2.71 bits per heavy atom. The first-order chi connectivity index (χ1) is 8.33. The summed E-state index contributed by atoms with van der Waals surface area (Å²) in [4.78, 5) is 0. The molecule has 1 saturated carbocycles. The second-order valence-corrected chi connectivity index (χ2v) is 5.21. The Morgan fingerprint density at radius 1 is 1.18 bits per heavy atom. The summed E-state index contributed by atoms with van der Waals surface area (Å²) in [5, 5.41) is 0. The van der Waals surface area contributed by atoms with Gasteiger partial charge in [0.2, 0.25) is 0 Å². The molecule has 0 radical (unpaired) electrons. The van der Waals surface area contributed by atoms with Crippen molar-refractivity contribution < 1.29 is 9.47 Å². The van der Waals surface area contributed by atoms with Crippen molar-refractivity contribution in [3.63, 3.8) is 0 Å². The first-order valence-corrected chi connectivity index (χ1v) is 6.72. The van der Waals surface area contributed by atoms with Gasteiger partial charge in [-0.05, 0) is 61.8 Å². The Bertz CT molecular complexity index is 390. The second kappa shape index (κ2) is 4.69. The average Bonchev–Trinajstić information content (AvgIpc) is 3.15. The van der Waals surface area contributed by atoms with Gasteiger partial charge in [0.15, 0.2) is 6.29 Å². The average molecular weight is 232 g/mol. The van der Waals surface area contributed by atoms with Crippen LogP contribution in [-0.4, -0.2) is 12.9 Å². The quantitative estimate of drug-likeness (QED) is 0.789. The van der Waals surface area contributed by atoms with Gasteiger partial charge >= 0.3 is 0 Å². The number of hydrogen-bond acceptors (Lipinski definition) is 2. The molecule has 1 unspecified atom stereocenters. The molecule has 2 heteroatoms. The van der Waals surface area contributed by atoms with Crippen LogP contribution in [0.4, 0.5) is 0 Å². The van der Waals surface area contributed by atoms with Crippen molar-refractivity contribution in [1.82, 2.24) is 0 Å². The van der Waals surface area contributed by atoms with E-state index in [0.717, 1.165) is 24.7 Å². The van der Waals surface area contributed by atoms with E-state index in [2.05, 4.69) is 25.1 Å². The van der Waals surface area contributed by atoms with Crippen LogP contribution in [-0.2, 0) is 4.74 Å². The van der Waals surface area contributed by atoms with E-state index in [0.29, 0.717) is 0 Å². The van der Waals surface area contributed by atoms with E-state index in [1.165, 1.54) is 36.8 Å². The lowest BCUT2D eigenvalue weighted by Gasteiger charge is -2.23. The fraction of sp³-hybridized carbons (Fsp3) is 0.600. The maximum atomic E-state index is 5.87. The number of ether oxygens (including phenoxy) is 2. The van der Waals surface area contributed by atoms with E-state index in [1.807, 2.05) is 0 Å². The molecule has 1 aromatic rings. The van der Waals surface area contributed by atoms with Gasteiger partial charge in [-0.3, -0.25) is 0 Å². The van der Waals surface area contributed by atoms with Crippen molar-refractivity contribution in [2.24, 2.45) is 0 Å². The minimum absolute atomic E-state index is 0.0325. The van der Waals surface area contributed by atoms with Crippen LogP contribution < -0.4 is 4.74 Å². The number of rotatable bonds is 3. The minimum Gasteiger partial charge on any atom is -0.465 e. The van der Waals surface area contributed by atoms with E-state index < -0.39 is 0 Å². The van der Waals surface area contributed by atoms with E-state index in [4.69, 9.17) is 9.47 Å². The predicted octanol–water partition coefficient (Wildman–Crippen LogP) is 3.78. The van der Waals surface area contributed by atoms with E-state index in [9.17, 15) is 0 Å². The standard InChI is InChI=1S/C15H20O2/c1-11-10-13(7-8-14(11)12-5-6-12)17-15-4-2-3-9-16-15/h7-8,10,12,15H,2-6,9H2,1H3. The summed E-state index contributed by atoms with van der Waals surface area (Å²) in [6.07, 6.45) is 6.07. The van der Waals surface area contributed by atoms with Crippen molar-refractivity contribution in [3.8, 4) is 5.75 Å². The molecule has 17 heavy (non-hydrogen) atoms. The number of hydrogen-bond donors (Lipinski definition) is 0. The molecule has 0 N–H and O–H groups in total. The van der Waals surface area contributed by atoms with Crippen LogP contribution >= 0.6 is 0 Å². The van der Waals surface area contributed by atoms with Gasteiger partial charge < -0.3 is 9.47 Å². The van der Waals surface area contributed by atoms with Gasteiger partial charge in [-0.15, -0.1) is 0 Å².